The second kappa shape index (κ2) is 6.42. The van der Waals surface area contributed by atoms with E-state index < -0.39 is 0 Å². The molecular formula is C11H23ClN2O2. The summed E-state index contributed by atoms with van der Waals surface area (Å²) in [5, 5.41) is 3.05. The summed E-state index contributed by atoms with van der Waals surface area (Å²) in [6, 6.07) is 0. The Morgan fingerprint density at radius 2 is 2.19 bits per heavy atom. The fraction of sp³-hybridized carbons (Fsp3) is 0.909. The molecule has 0 bridgehead atoms. The number of carbonyl (C=O) groups excluding carboxylic acids is 1. The Kier molecular flexibility index (Phi) is 6.30. The number of nitrogens with one attached hydrogen (secondary N) is 1. The maximum atomic E-state index is 11.8. The van der Waals surface area contributed by atoms with Crippen LogP contribution in [-0.4, -0.2) is 31.7 Å². The van der Waals surface area contributed by atoms with Gasteiger partial charge in [-0.3, -0.25) is 4.79 Å². The lowest BCUT2D eigenvalue weighted by molar-refractivity contribution is -0.128. The van der Waals surface area contributed by atoms with Crippen molar-refractivity contribution in [3.05, 3.63) is 0 Å². The smallest absolute Gasteiger partial charge is 0.225 e. The third-order valence-corrected chi connectivity index (χ3v) is 3.18. The lowest BCUT2D eigenvalue weighted by Gasteiger charge is -2.30. The van der Waals surface area contributed by atoms with Gasteiger partial charge in [-0.15, -0.1) is 12.4 Å². The summed E-state index contributed by atoms with van der Waals surface area (Å²) < 4.78 is 4.96. The Morgan fingerprint density at radius 1 is 1.62 bits per heavy atom. The molecule has 96 valence electrons. The quantitative estimate of drug-likeness (QED) is 0.737. The largest absolute Gasteiger partial charge is 0.384 e. The summed E-state index contributed by atoms with van der Waals surface area (Å²) in [5.74, 6) is 0.484. The van der Waals surface area contributed by atoms with Crippen molar-refractivity contribution < 1.29 is 9.53 Å². The van der Waals surface area contributed by atoms with Crippen LogP contribution < -0.4 is 11.1 Å². The molecule has 0 aliphatic heterocycles. The Balaban J connectivity index is 0.00000225. The SMILES string of the molecule is COCC(C)C(=O)NC(C)(CN)C1CC1.Cl. The number of rotatable bonds is 6. The maximum Gasteiger partial charge on any atom is 0.225 e. The van der Waals surface area contributed by atoms with Crippen molar-refractivity contribution in [3.8, 4) is 0 Å². The molecule has 0 aromatic heterocycles. The third-order valence-electron chi connectivity index (χ3n) is 3.18. The van der Waals surface area contributed by atoms with Gasteiger partial charge in [0.05, 0.1) is 18.1 Å². The van der Waals surface area contributed by atoms with Gasteiger partial charge in [-0.25, -0.2) is 0 Å². The molecular weight excluding hydrogens is 228 g/mol. The van der Waals surface area contributed by atoms with Crippen molar-refractivity contribution in [2.45, 2.75) is 32.2 Å². The van der Waals surface area contributed by atoms with Crippen molar-refractivity contribution in [2.24, 2.45) is 17.6 Å². The van der Waals surface area contributed by atoms with E-state index in [2.05, 4.69) is 5.32 Å². The molecule has 0 saturated heterocycles. The van der Waals surface area contributed by atoms with E-state index in [0.29, 0.717) is 19.1 Å². The highest BCUT2D eigenvalue weighted by Gasteiger charge is 2.41. The predicted molar refractivity (Wildman–Crippen MR) is 66.6 cm³/mol. The lowest BCUT2D eigenvalue weighted by Crippen LogP contribution is -2.54. The zero-order valence-electron chi connectivity index (χ0n) is 10.3. The van der Waals surface area contributed by atoms with Gasteiger partial charge in [0.15, 0.2) is 0 Å². The number of ether oxygens (including phenoxy) is 1. The minimum atomic E-state index is -0.223. The molecule has 16 heavy (non-hydrogen) atoms. The monoisotopic (exact) mass is 250 g/mol. The minimum absolute atomic E-state index is 0. The van der Waals surface area contributed by atoms with Crippen molar-refractivity contribution in [3.63, 3.8) is 0 Å². The van der Waals surface area contributed by atoms with Crippen LogP contribution in [0.15, 0.2) is 0 Å². The first-order valence-electron chi connectivity index (χ1n) is 5.54. The topological polar surface area (TPSA) is 64.3 Å². The molecule has 0 aromatic carbocycles. The molecule has 0 spiro atoms. The minimum Gasteiger partial charge on any atom is -0.384 e. The first-order valence-corrected chi connectivity index (χ1v) is 5.54. The molecule has 2 unspecified atom stereocenters. The van der Waals surface area contributed by atoms with E-state index in [9.17, 15) is 4.79 Å². The second-order valence-electron chi connectivity index (χ2n) is 4.74. The summed E-state index contributed by atoms with van der Waals surface area (Å²) in [6.07, 6.45) is 2.35. The van der Waals surface area contributed by atoms with Crippen molar-refractivity contribution in [1.82, 2.24) is 5.32 Å². The predicted octanol–water partition coefficient (Wildman–Crippen LogP) is 0.934. The van der Waals surface area contributed by atoms with E-state index in [4.69, 9.17) is 10.5 Å². The molecule has 1 aliphatic carbocycles. The summed E-state index contributed by atoms with van der Waals surface area (Å²) in [4.78, 5) is 11.8. The zero-order chi connectivity index (χ0) is 11.5. The standard InChI is InChI=1S/C11H22N2O2.ClH/c1-8(6-15-3)10(14)13-11(2,7-12)9-4-5-9;/h8-9H,4-7,12H2,1-3H3,(H,13,14);1H. The van der Waals surface area contributed by atoms with Crippen LogP contribution in [0.2, 0.25) is 0 Å². The summed E-state index contributed by atoms with van der Waals surface area (Å²) >= 11 is 0. The first kappa shape index (κ1) is 15.7. The molecule has 3 N–H and O–H groups in total. The molecule has 1 fully saturated rings. The van der Waals surface area contributed by atoms with E-state index in [1.165, 1.54) is 12.8 Å². The summed E-state index contributed by atoms with van der Waals surface area (Å²) in [7, 11) is 1.60. The number of hydrogen-bond donors (Lipinski definition) is 2. The lowest BCUT2D eigenvalue weighted by atomic mass is 9.95. The fourth-order valence-corrected chi connectivity index (χ4v) is 1.77. The molecule has 1 rings (SSSR count). The highest BCUT2D eigenvalue weighted by molar-refractivity contribution is 5.85. The van der Waals surface area contributed by atoms with Gasteiger partial charge in [0.1, 0.15) is 0 Å². The van der Waals surface area contributed by atoms with E-state index in [1.54, 1.807) is 7.11 Å². The average molecular weight is 251 g/mol. The molecule has 1 aliphatic rings. The number of amides is 1. The number of hydrogen-bond acceptors (Lipinski definition) is 3. The van der Waals surface area contributed by atoms with Crippen molar-refractivity contribution in [1.29, 1.82) is 0 Å². The normalized spacial score (nSPS) is 20.5. The van der Waals surface area contributed by atoms with Crippen molar-refractivity contribution in [2.75, 3.05) is 20.3 Å². The Bertz CT molecular complexity index is 234. The zero-order valence-corrected chi connectivity index (χ0v) is 11.1. The van der Waals surface area contributed by atoms with Crippen LogP contribution in [0.25, 0.3) is 0 Å². The summed E-state index contributed by atoms with van der Waals surface area (Å²) in [6.45, 7) is 4.85. The van der Waals surface area contributed by atoms with E-state index in [0.717, 1.165) is 0 Å². The van der Waals surface area contributed by atoms with Crippen LogP contribution in [0.4, 0.5) is 0 Å². The first-order chi connectivity index (χ1) is 7.03. The molecule has 0 radical (unpaired) electrons. The van der Waals surface area contributed by atoms with Gasteiger partial charge in [-0.2, -0.15) is 0 Å². The highest BCUT2D eigenvalue weighted by Crippen LogP contribution is 2.39. The molecule has 4 nitrogen and oxygen atoms in total. The number of nitrogens with two attached hydrogens (primary N) is 1. The van der Waals surface area contributed by atoms with Gasteiger partial charge in [0.2, 0.25) is 5.91 Å². The van der Waals surface area contributed by atoms with Gasteiger partial charge in [0, 0.05) is 13.7 Å². The number of methoxy groups -OCH3 is 1. The van der Waals surface area contributed by atoms with Crippen LogP contribution in [0.5, 0.6) is 0 Å². The van der Waals surface area contributed by atoms with Crippen molar-refractivity contribution >= 4 is 18.3 Å². The fourth-order valence-electron chi connectivity index (χ4n) is 1.77. The van der Waals surface area contributed by atoms with E-state index in [1.807, 2.05) is 13.8 Å². The van der Waals surface area contributed by atoms with E-state index >= 15 is 0 Å². The Hall–Kier alpha value is -0.320. The maximum absolute atomic E-state index is 11.8. The van der Waals surface area contributed by atoms with Crippen LogP contribution >= 0.6 is 12.4 Å². The van der Waals surface area contributed by atoms with Gasteiger partial charge >= 0.3 is 0 Å². The third kappa shape index (κ3) is 3.92. The highest BCUT2D eigenvalue weighted by atomic mass is 35.5. The molecule has 1 saturated carbocycles. The molecule has 1 amide bonds. The van der Waals surface area contributed by atoms with Crippen LogP contribution in [0.1, 0.15) is 26.7 Å². The van der Waals surface area contributed by atoms with Gasteiger partial charge < -0.3 is 15.8 Å². The molecule has 0 heterocycles. The van der Waals surface area contributed by atoms with Crippen LogP contribution in [0, 0.1) is 11.8 Å². The molecule has 2 atom stereocenters. The average Bonchev–Trinajstić information content (AvgIpc) is 3.01. The number of carbonyl (C=O) groups is 1. The molecule has 5 heteroatoms. The van der Waals surface area contributed by atoms with E-state index in [-0.39, 0.29) is 29.8 Å². The van der Waals surface area contributed by atoms with Crippen LogP contribution in [-0.2, 0) is 9.53 Å². The number of halogens is 1. The summed E-state index contributed by atoms with van der Waals surface area (Å²) in [5.41, 5.74) is 5.50. The molecule has 0 aromatic rings. The Morgan fingerprint density at radius 3 is 2.56 bits per heavy atom. The van der Waals surface area contributed by atoms with Gasteiger partial charge in [-0.05, 0) is 25.7 Å². The second-order valence-corrected chi connectivity index (χ2v) is 4.74. The van der Waals surface area contributed by atoms with Crippen LogP contribution in [0.3, 0.4) is 0 Å². The van der Waals surface area contributed by atoms with Gasteiger partial charge in [-0.1, -0.05) is 6.92 Å². The van der Waals surface area contributed by atoms with Gasteiger partial charge in [0.25, 0.3) is 0 Å². The Labute approximate surface area is 104 Å².